The van der Waals surface area contributed by atoms with Crippen LogP contribution >= 0.6 is 11.8 Å². The molecular weight excluding hydrogens is 367 g/mol. The number of nitrogens with zero attached hydrogens (tertiary/aromatic N) is 1. The maximum atomic E-state index is 13.0. The molecule has 1 saturated heterocycles. The lowest BCUT2D eigenvalue weighted by Crippen LogP contribution is -2.46. The molecular formula is C20H21FN2O3S. The zero-order valence-electron chi connectivity index (χ0n) is 15.1. The number of carbonyl (C=O) groups excluding carboxylic acids is 2. The van der Waals surface area contributed by atoms with Crippen LogP contribution in [0.1, 0.15) is 23.4 Å². The van der Waals surface area contributed by atoms with Crippen LogP contribution in [0.5, 0.6) is 5.75 Å². The van der Waals surface area contributed by atoms with Gasteiger partial charge in [-0.1, -0.05) is 24.3 Å². The molecule has 2 aromatic rings. The van der Waals surface area contributed by atoms with Gasteiger partial charge in [-0.3, -0.25) is 9.59 Å². The van der Waals surface area contributed by atoms with Gasteiger partial charge < -0.3 is 15.0 Å². The molecule has 2 amide bonds. The van der Waals surface area contributed by atoms with Crippen LogP contribution in [0.4, 0.5) is 4.39 Å². The van der Waals surface area contributed by atoms with E-state index in [2.05, 4.69) is 5.32 Å². The maximum absolute atomic E-state index is 13.0. The van der Waals surface area contributed by atoms with Crippen LogP contribution in [0.3, 0.4) is 0 Å². The molecule has 0 aromatic heterocycles. The molecule has 1 aliphatic rings. The molecule has 0 spiro atoms. The molecule has 1 N–H and O–H groups in total. The number of carbonyl (C=O) groups is 2. The average molecular weight is 388 g/mol. The van der Waals surface area contributed by atoms with Crippen molar-refractivity contribution in [3.8, 4) is 5.75 Å². The largest absolute Gasteiger partial charge is 0.497 e. The fourth-order valence-electron chi connectivity index (χ4n) is 2.95. The van der Waals surface area contributed by atoms with Gasteiger partial charge in [0.2, 0.25) is 11.8 Å². The first kappa shape index (κ1) is 19.2. The smallest absolute Gasteiger partial charge is 0.242 e. The van der Waals surface area contributed by atoms with Gasteiger partial charge in [0.15, 0.2) is 0 Å². The van der Waals surface area contributed by atoms with Gasteiger partial charge in [-0.05, 0) is 42.3 Å². The number of hydrogen-bond donors (Lipinski definition) is 1. The highest BCUT2D eigenvalue weighted by atomic mass is 32.2. The Balaban J connectivity index is 1.68. The van der Waals surface area contributed by atoms with Crippen molar-refractivity contribution in [2.24, 2.45) is 0 Å². The molecule has 2 atom stereocenters. The van der Waals surface area contributed by atoms with E-state index in [9.17, 15) is 14.0 Å². The van der Waals surface area contributed by atoms with Crippen molar-refractivity contribution in [2.75, 3.05) is 12.9 Å². The number of ether oxygens (including phenoxy) is 1. The molecule has 0 bridgehead atoms. The summed E-state index contributed by atoms with van der Waals surface area (Å²) in [5.41, 5.74) is 1.75. The van der Waals surface area contributed by atoms with Crippen molar-refractivity contribution in [3.63, 3.8) is 0 Å². The van der Waals surface area contributed by atoms with Crippen LogP contribution in [0.2, 0.25) is 0 Å². The first-order valence-corrected chi connectivity index (χ1v) is 9.63. The van der Waals surface area contributed by atoms with Crippen molar-refractivity contribution < 1.29 is 18.7 Å². The molecule has 5 nitrogen and oxygen atoms in total. The fourth-order valence-corrected chi connectivity index (χ4v) is 4.21. The molecule has 1 aliphatic heterocycles. The lowest BCUT2D eigenvalue weighted by molar-refractivity contribution is -0.137. The zero-order chi connectivity index (χ0) is 19.4. The lowest BCUT2D eigenvalue weighted by atomic mass is 10.1. The van der Waals surface area contributed by atoms with Crippen molar-refractivity contribution in [2.45, 2.75) is 24.9 Å². The van der Waals surface area contributed by atoms with Gasteiger partial charge in [-0.15, -0.1) is 11.8 Å². The zero-order valence-corrected chi connectivity index (χ0v) is 16.0. The summed E-state index contributed by atoms with van der Waals surface area (Å²) in [6, 6.07) is 12.8. The number of nitrogens with one attached hydrogen (secondary N) is 1. The number of halogens is 1. The molecule has 0 unspecified atom stereocenters. The molecule has 27 heavy (non-hydrogen) atoms. The third-order valence-electron chi connectivity index (χ3n) is 4.48. The Morgan fingerprint density at radius 2 is 1.93 bits per heavy atom. The third-order valence-corrected chi connectivity index (χ3v) is 5.71. The first-order valence-electron chi connectivity index (χ1n) is 8.58. The number of benzene rings is 2. The second-order valence-corrected chi connectivity index (χ2v) is 7.33. The van der Waals surface area contributed by atoms with Gasteiger partial charge in [-0.2, -0.15) is 0 Å². The molecule has 2 aromatic carbocycles. The van der Waals surface area contributed by atoms with Crippen molar-refractivity contribution in [3.05, 3.63) is 65.5 Å². The molecule has 0 radical (unpaired) electrons. The van der Waals surface area contributed by atoms with E-state index in [4.69, 9.17) is 4.74 Å². The average Bonchev–Trinajstić information content (AvgIpc) is 3.08. The van der Waals surface area contributed by atoms with Crippen LogP contribution in [0.25, 0.3) is 0 Å². The summed E-state index contributed by atoms with van der Waals surface area (Å²) in [5.74, 6) is 0.454. The van der Waals surface area contributed by atoms with Gasteiger partial charge in [0.05, 0.1) is 12.9 Å². The topological polar surface area (TPSA) is 58.6 Å². The predicted molar refractivity (Wildman–Crippen MR) is 103 cm³/mol. The minimum atomic E-state index is -0.611. The number of methoxy groups -OCH3 is 1. The molecule has 0 aliphatic carbocycles. The number of rotatable bonds is 6. The number of amides is 2. The van der Waals surface area contributed by atoms with E-state index in [-0.39, 0.29) is 29.6 Å². The van der Waals surface area contributed by atoms with Gasteiger partial charge in [0.25, 0.3) is 0 Å². The van der Waals surface area contributed by atoms with Crippen molar-refractivity contribution >= 4 is 23.6 Å². The van der Waals surface area contributed by atoms with E-state index in [1.807, 2.05) is 24.3 Å². The number of thioether (sulfide) groups is 1. The van der Waals surface area contributed by atoms with E-state index in [0.29, 0.717) is 5.75 Å². The quantitative estimate of drug-likeness (QED) is 0.826. The molecule has 1 heterocycles. The molecule has 0 saturated carbocycles. The first-order chi connectivity index (χ1) is 13.0. The van der Waals surface area contributed by atoms with Crippen LogP contribution in [-0.4, -0.2) is 35.6 Å². The summed E-state index contributed by atoms with van der Waals surface area (Å²) in [7, 11) is 1.60. The summed E-state index contributed by atoms with van der Waals surface area (Å²) in [6.45, 7) is 2.01. The van der Waals surface area contributed by atoms with Crippen molar-refractivity contribution in [1.82, 2.24) is 10.2 Å². The van der Waals surface area contributed by atoms with E-state index >= 15 is 0 Å². The maximum Gasteiger partial charge on any atom is 0.242 e. The SMILES string of the molecule is COc1ccc([C@H]2SCC(=O)N2[C@H](C)C(=O)NCc2ccc(F)cc2)cc1. The summed E-state index contributed by atoms with van der Waals surface area (Å²) >= 11 is 1.50. The molecule has 142 valence electrons. The normalized spacial score (nSPS) is 17.7. The Hall–Kier alpha value is -2.54. The Morgan fingerprint density at radius 1 is 1.26 bits per heavy atom. The van der Waals surface area contributed by atoms with Crippen LogP contribution in [0.15, 0.2) is 48.5 Å². The van der Waals surface area contributed by atoms with E-state index in [1.54, 1.807) is 31.1 Å². The van der Waals surface area contributed by atoms with E-state index < -0.39 is 6.04 Å². The summed E-state index contributed by atoms with van der Waals surface area (Å²) < 4.78 is 18.1. The standard InChI is InChI=1S/C20H21FN2O3S/c1-13(19(25)22-11-14-3-7-16(21)8-4-14)23-18(24)12-27-20(23)15-5-9-17(26-2)10-6-15/h3-10,13,20H,11-12H2,1-2H3,(H,22,25)/t13-,20-/m1/s1. The highest BCUT2D eigenvalue weighted by molar-refractivity contribution is 8.00. The van der Waals surface area contributed by atoms with Crippen LogP contribution in [-0.2, 0) is 16.1 Å². The van der Waals surface area contributed by atoms with Gasteiger partial charge >= 0.3 is 0 Å². The van der Waals surface area contributed by atoms with Crippen LogP contribution < -0.4 is 10.1 Å². The highest BCUT2D eigenvalue weighted by Gasteiger charge is 2.38. The summed E-state index contributed by atoms with van der Waals surface area (Å²) in [6.07, 6.45) is 0. The van der Waals surface area contributed by atoms with Crippen molar-refractivity contribution in [1.29, 1.82) is 0 Å². The minimum Gasteiger partial charge on any atom is -0.497 e. The highest BCUT2D eigenvalue weighted by Crippen LogP contribution is 2.40. The molecule has 3 rings (SSSR count). The van der Waals surface area contributed by atoms with E-state index in [1.165, 1.54) is 23.9 Å². The molecule has 1 fully saturated rings. The summed E-state index contributed by atoms with van der Waals surface area (Å²) in [4.78, 5) is 26.6. The minimum absolute atomic E-state index is 0.0646. The Labute approximate surface area is 161 Å². The van der Waals surface area contributed by atoms with E-state index in [0.717, 1.165) is 16.9 Å². The second kappa shape index (κ2) is 8.43. The fraction of sp³-hybridized carbons (Fsp3) is 0.300. The number of hydrogen-bond acceptors (Lipinski definition) is 4. The third kappa shape index (κ3) is 4.42. The lowest BCUT2D eigenvalue weighted by Gasteiger charge is -2.29. The Bertz CT molecular complexity index is 811. The Kier molecular flexibility index (Phi) is 6.01. The second-order valence-electron chi connectivity index (χ2n) is 6.26. The van der Waals surface area contributed by atoms with Crippen LogP contribution in [0, 0.1) is 5.82 Å². The predicted octanol–water partition coefficient (Wildman–Crippen LogP) is 3.11. The monoisotopic (exact) mass is 388 g/mol. The molecule has 7 heteroatoms. The Morgan fingerprint density at radius 3 is 2.56 bits per heavy atom. The summed E-state index contributed by atoms with van der Waals surface area (Å²) in [5, 5.41) is 2.61. The van der Waals surface area contributed by atoms with Gasteiger partial charge in [0.1, 0.15) is 23.0 Å². The van der Waals surface area contributed by atoms with Gasteiger partial charge in [0, 0.05) is 6.54 Å². The van der Waals surface area contributed by atoms with Gasteiger partial charge in [-0.25, -0.2) is 4.39 Å².